The molecule has 0 spiro atoms. The first kappa shape index (κ1) is 9.40. The smallest absolute Gasteiger partial charge is 0.129 e. The summed E-state index contributed by atoms with van der Waals surface area (Å²) in [5, 5.41) is 3.29. The van der Waals surface area contributed by atoms with Crippen LogP contribution in [-0.4, -0.2) is 41.0 Å². The number of anilines is 1. The number of nitrogens with one attached hydrogen (secondary N) is 1. The summed E-state index contributed by atoms with van der Waals surface area (Å²) in [6.45, 7) is 6.57. The van der Waals surface area contributed by atoms with Crippen molar-refractivity contribution in [3.8, 4) is 0 Å². The highest BCUT2D eigenvalue weighted by Crippen LogP contribution is 2.05. The highest BCUT2D eigenvalue weighted by molar-refractivity contribution is 5.34. The first-order valence-electron chi connectivity index (χ1n) is 5.09. The van der Waals surface area contributed by atoms with Crippen molar-refractivity contribution in [3.63, 3.8) is 0 Å². The van der Waals surface area contributed by atoms with Gasteiger partial charge in [-0.3, -0.25) is 0 Å². The minimum atomic E-state index is 0.929. The molecule has 0 aliphatic carbocycles. The summed E-state index contributed by atoms with van der Waals surface area (Å²) < 4.78 is 0. The predicted molar refractivity (Wildman–Crippen MR) is 56.3 cm³/mol. The van der Waals surface area contributed by atoms with Crippen LogP contribution >= 0.6 is 0 Å². The van der Waals surface area contributed by atoms with Gasteiger partial charge in [0.1, 0.15) is 12.1 Å². The first-order valence-corrected chi connectivity index (χ1v) is 5.09. The van der Waals surface area contributed by atoms with Gasteiger partial charge >= 0.3 is 0 Å². The lowest BCUT2D eigenvalue weighted by atomic mass is 10.2. The van der Waals surface area contributed by atoms with Crippen LogP contribution in [0.4, 0.5) is 5.82 Å². The summed E-state index contributed by atoms with van der Waals surface area (Å²) in [4.78, 5) is 10.6. The van der Waals surface area contributed by atoms with Crippen molar-refractivity contribution in [1.29, 1.82) is 0 Å². The van der Waals surface area contributed by atoms with E-state index in [4.69, 9.17) is 0 Å². The number of nitrogens with zero attached hydrogens (tertiary/aromatic N) is 3. The molecule has 1 aromatic rings. The molecule has 14 heavy (non-hydrogen) atoms. The van der Waals surface area contributed by atoms with Crippen LogP contribution < -0.4 is 5.32 Å². The average Bonchev–Trinajstić information content (AvgIpc) is 2.09. The number of hydrogen-bond donors (Lipinski definition) is 1. The van der Waals surface area contributed by atoms with E-state index in [0.717, 1.165) is 24.6 Å². The van der Waals surface area contributed by atoms with Gasteiger partial charge in [-0.25, -0.2) is 9.97 Å². The molecule has 76 valence electrons. The van der Waals surface area contributed by atoms with Gasteiger partial charge in [-0.1, -0.05) is 0 Å². The highest BCUT2D eigenvalue weighted by atomic mass is 15.2. The van der Waals surface area contributed by atoms with Crippen molar-refractivity contribution in [3.05, 3.63) is 18.1 Å². The largest absolute Gasteiger partial charge is 0.369 e. The zero-order chi connectivity index (χ0) is 9.80. The lowest BCUT2D eigenvalue weighted by molar-refractivity contribution is 0.189. The van der Waals surface area contributed by atoms with Crippen molar-refractivity contribution in [2.24, 2.45) is 0 Å². The molecule has 1 aromatic heterocycles. The lowest BCUT2D eigenvalue weighted by Gasteiger charge is -2.30. The Labute approximate surface area is 84.4 Å². The molecule has 0 saturated carbocycles. The quantitative estimate of drug-likeness (QED) is 0.769. The van der Waals surface area contributed by atoms with Crippen LogP contribution in [-0.2, 0) is 0 Å². The zero-order valence-electron chi connectivity index (χ0n) is 8.53. The van der Waals surface area contributed by atoms with E-state index in [1.807, 2.05) is 13.0 Å². The van der Waals surface area contributed by atoms with Gasteiger partial charge < -0.3 is 10.2 Å². The standard InChI is InChI=1S/C10H16N4/c1-9-7-10(13-8-12-9)11-3-6-14-4-2-5-14/h7-8H,2-6H2,1H3,(H,11,12,13). The second-order valence-electron chi connectivity index (χ2n) is 3.67. The van der Waals surface area contributed by atoms with Gasteiger partial charge in [-0.2, -0.15) is 0 Å². The van der Waals surface area contributed by atoms with E-state index < -0.39 is 0 Å². The Bertz CT molecular complexity index is 296. The summed E-state index contributed by atoms with van der Waals surface area (Å²) in [5.74, 6) is 0.929. The third-order valence-electron chi connectivity index (χ3n) is 2.49. The molecule has 1 aliphatic rings. The molecule has 1 aliphatic heterocycles. The molecule has 0 aromatic carbocycles. The van der Waals surface area contributed by atoms with Gasteiger partial charge in [-0.15, -0.1) is 0 Å². The van der Waals surface area contributed by atoms with E-state index in [1.165, 1.54) is 19.5 Å². The molecule has 1 fully saturated rings. The van der Waals surface area contributed by atoms with Crippen molar-refractivity contribution >= 4 is 5.82 Å². The monoisotopic (exact) mass is 192 g/mol. The minimum absolute atomic E-state index is 0.929. The summed E-state index contributed by atoms with van der Waals surface area (Å²) in [5.41, 5.74) is 1.01. The van der Waals surface area contributed by atoms with E-state index in [-0.39, 0.29) is 0 Å². The normalized spacial score (nSPS) is 16.4. The summed E-state index contributed by atoms with van der Waals surface area (Å²) >= 11 is 0. The van der Waals surface area contributed by atoms with Gasteiger partial charge in [0, 0.05) is 24.8 Å². The first-order chi connectivity index (χ1) is 6.84. The highest BCUT2D eigenvalue weighted by Gasteiger charge is 2.11. The number of aryl methyl sites for hydroxylation is 1. The van der Waals surface area contributed by atoms with Crippen molar-refractivity contribution in [2.45, 2.75) is 13.3 Å². The fourth-order valence-electron chi connectivity index (χ4n) is 1.50. The Morgan fingerprint density at radius 3 is 2.93 bits per heavy atom. The number of rotatable bonds is 4. The fraction of sp³-hybridized carbons (Fsp3) is 0.600. The fourth-order valence-corrected chi connectivity index (χ4v) is 1.50. The van der Waals surface area contributed by atoms with Crippen LogP contribution in [0, 0.1) is 6.92 Å². The molecular formula is C10H16N4. The van der Waals surface area contributed by atoms with Gasteiger partial charge in [-0.05, 0) is 26.4 Å². The number of likely N-dealkylation sites (tertiary alicyclic amines) is 1. The topological polar surface area (TPSA) is 41.0 Å². The maximum absolute atomic E-state index is 4.14. The van der Waals surface area contributed by atoms with E-state index in [9.17, 15) is 0 Å². The molecular weight excluding hydrogens is 176 g/mol. The minimum Gasteiger partial charge on any atom is -0.369 e. The van der Waals surface area contributed by atoms with Crippen molar-refractivity contribution in [1.82, 2.24) is 14.9 Å². The molecule has 4 heteroatoms. The van der Waals surface area contributed by atoms with Crippen molar-refractivity contribution in [2.75, 3.05) is 31.5 Å². The van der Waals surface area contributed by atoms with Crippen LogP contribution in [0.5, 0.6) is 0 Å². The van der Waals surface area contributed by atoms with Crippen LogP contribution in [0.2, 0.25) is 0 Å². The predicted octanol–water partition coefficient (Wildman–Crippen LogP) is 0.903. The molecule has 1 saturated heterocycles. The van der Waals surface area contributed by atoms with Gasteiger partial charge in [0.2, 0.25) is 0 Å². The maximum atomic E-state index is 4.14. The molecule has 0 unspecified atom stereocenters. The third-order valence-corrected chi connectivity index (χ3v) is 2.49. The number of hydrogen-bond acceptors (Lipinski definition) is 4. The van der Waals surface area contributed by atoms with Gasteiger partial charge in [0.25, 0.3) is 0 Å². The van der Waals surface area contributed by atoms with Crippen LogP contribution in [0.15, 0.2) is 12.4 Å². The summed E-state index contributed by atoms with van der Waals surface area (Å²) in [7, 11) is 0. The van der Waals surface area contributed by atoms with Crippen molar-refractivity contribution < 1.29 is 0 Å². The van der Waals surface area contributed by atoms with E-state index in [1.54, 1.807) is 6.33 Å². The molecule has 0 amide bonds. The molecule has 0 atom stereocenters. The Balaban J connectivity index is 1.74. The average molecular weight is 192 g/mol. The Hall–Kier alpha value is -1.16. The summed E-state index contributed by atoms with van der Waals surface area (Å²) in [6.07, 6.45) is 2.95. The molecule has 0 radical (unpaired) electrons. The molecule has 1 N–H and O–H groups in total. The zero-order valence-corrected chi connectivity index (χ0v) is 8.53. The number of aromatic nitrogens is 2. The van der Waals surface area contributed by atoms with Crippen LogP contribution in [0.25, 0.3) is 0 Å². The molecule has 2 heterocycles. The van der Waals surface area contributed by atoms with Crippen LogP contribution in [0.1, 0.15) is 12.1 Å². The Kier molecular flexibility index (Phi) is 2.93. The molecule has 2 rings (SSSR count). The lowest BCUT2D eigenvalue weighted by Crippen LogP contribution is -2.40. The van der Waals surface area contributed by atoms with Gasteiger partial charge in [0.05, 0.1) is 0 Å². The van der Waals surface area contributed by atoms with Crippen LogP contribution in [0.3, 0.4) is 0 Å². The SMILES string of the molecule is Cc1cc(NCCN2CCC2)ncn1. The molecule has 4 nitrogen and oxygen atoms in total. The Morgan fingerprint density at radius 1 is 1.43 bits per heavy atom. The van der Waals surface area contributed by atoms with Gasteiger partial charge in [0.15, 0.2) is 0 Å². The van der Waals surface area contributed by atoms with E-state index >= 15 is 0 Å². The second kappa shape index (κ2) is 4.37. The third kappa shape index (κ3) is 2.42. The Morgan fingerprint density at radius 2 is 2.29 bits per heavy atom. The second-order valence-corrected chi connectivity index (χ2v) is 3.67. The van der Waals surface area contributed by atoms with E-state index in [2.05, 4.69) is 20.2 Å². The van der Waals surface area contributed by atoms with E-state index in [0.29, 0.717) is 0 Å². The molecule has 0 bridgehead atoms. The maximum Gasteiger partial charge on any atom is 0.129 e. The summed E-state index contributed by atoms with van der Waals surface area (Å²) in [6, 6.07) is 1.97.